The van der Waals surface area contributed by atoms with Gasteiger partial charge in [-0.1, -0.05) is 60.7 Å². The Morgan fingerprint density at radius 2 is 1.87 bits per heavy atom. The van der Waals surface area contributed by atoms with Crippen molar-refractivity contribution in [2.24, 2.45) is 0 Å². The molecule has 3 aliphatic carbocycles. The number of anilines is 1. The van der Waals surface area contributed by atoms with E-state index in [2.05, 4.69) is 47.8 Å². The Morgan fingerprint density at radius 1 is 1.03 bits per heavy atom. The van der Waals surface area contributed by atoms with E-state index in [9.17, 15) is 13.2 Å². The van der Waals surface area contributed by atoms with Crippen molar-refractivity contribution in [1.82, 2.24) is 4.90 Å². The summed E-state index contributed by atoms with van der Waals surface area (Å²) in [5.74, 6) is 0.142. The second-order valence-corrected chi connectivity index (χ2v) is 12.5. The van der Waals surface area contributed by atoms with Crippen molar-refractivity contribution >= 4 is 26.9 Å². The molecule has 0 aromatic heterocycles. The molecule has 0 fully saturated rings. The first kappa shape index (κ1) is 24.4. The van der Waals surface area contributed by atoms with Crippen LogP contribution in [-0.4, -0.2) is 44.2 Å². The maximum Gasteiger partial charge on any atom is 0.210 e. The number of para-hydroxylation sites is 1. The van der Waals surface area contributed by atoms with Crippen LogP contribution in [0.1, 0.15) is 33.5 Å². The van der Waals surface area contributed by atoms with E-state index < -0.39 is 9.84 Å². The summed E-state index contributed by atoms with van der Waals surface area (Å²) in [7, 11) is -3.03. The van der Waals surface area contributed by atoms with Gasteiger partial charge in [0.15, 0.2) is 0 Å². The Morgan fingerprint density at radius 3 is 2.63 bits per heavy atom. The summed E-state index contributed by atoms with van der Waals surface area (Å²) in [6.45, 7) is 1.05. The minimum atomic E-state index is -3.03. The lowest BCUT2D eigenvalue weighted by Crippen LogP contribution is -2.28. The fourth-order valence-corrected chi connectivity index (χ4v) is 6.20. The Balaban J connectivity index is 1.38. The fraction of sp³-hybridized carbons (Fsp3) is 0.219. The van der Waals surface area contributed by atoms with Crippen LogP contribution < -0.4 is 5.32 Å². The molecule has 1 aliphatic heterocycles. The Kier molecular flexibility index (Phi) is 6.28. The molecule has 2 aromatic rings. The molecule has 0 unspecified atom stereocenters. The molecule has 6 heteroatoms. The highest BCUT2D eigenvalue weighted by Crippen LogP contribution is 2.41. The Labute approximate surface area is 224 Å². The number of carbonyl (C=O) groups excluding carboxylic acids is 1. The first-order valence-corrected chi connectivity index (χ1v) is 15.1. The minimum Gasteiger partial charge on any atom is -0.373 e. The molecule has 4 aliphatic rings. The van der Waals surface area contributed by atoms with Gasteiger partial charge in [0.25, 0.3) is 0 Å². The molecule has 0 spiro atoms. The SMILES string of the molecule is CS(=O)(=O)CCN1C=CC(C2=C(Nc3ccccc3)C(=O)c3c(ccc4c3CC=C3CC=CC=C34)C2)=CC1. The topological polar surface area (TPSA) is 66.5 Å². The summed E-state index contributed by atoms with van der Waals surface area (Å²) in [6, 6.07) is 14.1. The molecule has 0 bridgehead atoms. The molecule has 38 heavy (non-hydrogen) atoms. The second kappa shape index (κ2) is 9.76. The van der Waals surface area contributed by atoms with Crippen molar-refractivity contribution in [3.63, 3.8) is 0 Å². The van der Waals surface area contributed by atoms with Gasteiger partial charge >= 0.3 is 0 Å². The van der Waals surface area contributed by atoms with E-state index in [0.717, 1.165) is 46.4 Å². The highest BCUT2D eigenvalue weighted by Gasteiger charge is 2.32. The van der Waals surface area contributed by atoms with Gasteiger partial charge in [-0.15, -0.1) is 0 Å². The third kappa shape index (κ3) is 4.72. The number of nitrogens with one attached hydrogen (secondary N) is 1. The lowest BCUT2D eigenvalue weighted by atomic mass is 9.75. The van der Waals surface area contributed by atoms with E-state index >= 15 is 0 Å². The maximum atomic E-state index is 14.3. The predicted octanol–water partition coefficient (Wildman–Crippen LogP) is 5.42. The molecule has 0 saturated heterocycles. The smallest absolute Gasteiger partial charge is 0.210 e. The lowest BCUT2D eigenvalue weighted by molar-refractivity contribution is 0.103. The van der Waals surface area contributed by atoms with Gasteiger partial charge in [0.1, 0.15) is 9.84 Å². The van der Waals surface area contributed by atoms with Crippen LogP contribution in [-0.2, 0) is 22.7 Å². The monoisotopic (exact) mass is 522 g/mol. The summed E-state index contributed by atoms with van der Waals surface area (Å²) in [6.07, 6.45) is 18.3. The zero-order valence-corrected chi connectivity index (χ0v) is 22.2. The fourth-order valence-electron chi connectivity index (χ4n) is 5.64. The van der Waals surface area contributed by atoms with Crippen LogP contribution in [0.4, 0.5) is 5.69 Å². The third-order valence-corrected chi connectivity index (χ3v) is 8.52. The quantitative estimate of drug-likeness (QED) is 0.549. The molecule has 0 atom stereocenters. The number of allylic oxidation sites excluding steroid dienone is 10. The molecule has 0 radical (unpaired) electrons. The largest absolute Gasteiger partial charge is 0.373 e. The molecule has 6 rings (SSSR count). The Hall–Kier alpha value is -3.90. The zero-order valence-electron chi connectivity index (χ0n) is 21.4. The van der Waals surface area contributed by atoms with Crippen LogP contribution in [0.15, 0.2) is 108 Å². The number of hydrogen-bond donors (Lipinski definition) is 1. The van der Waals surface area contributed by atoms with Crippen LogP contribution in [0.2, 0.25) is 0 Å². The molecule has 0 saturated carbocycles. The number of ketones is 1. The molecule has 0 amide bonds. The summed E-state index contributed by atoms with van der Waals surface area (Å²) < 4.78 is 23.2. The number of sulfone groups is 1. The second-order valence-electron chi connectivity index (χ2n) is 10.2. The van der Waals surface area contributed by atoms with Crippen LogP contribution in [0.5, 0.6) is 0 Å². The van der Waals surface area contributed by atoms with Gasteiger partial charge in [-0.25, -0.2) is 8.42 Å². The van der Waals surface area contributed by atoms with Gasteiger partial charge in [0, 0.05) is 37.0 Å². The summed E-state index contributed by atoms with van der Waals surface area (Å²) in [5, 5.41) is 3.46. The van der Waals surface area contributed by atoms with Gasteiger partial charge in [0.2, 0.25) is 5.78 Å². The van der Waals surface area contributed by atoms with Gasteiger partial charge in [-0.3, -0.25) is 4.79 Å². The third-order valence-electron chi connectivity index (χ3n) is 7.60. The van der Waals surface area contributed by atoms with Crippen molar-refractivity contribution in [2.45, 2.75) is 19.3 Å². The highest BCUT2D eigenvalue weighted by atomic mass is 32.2. The van der Waals surface area contributed by atoms with E-state index in [1.54, 1.807) is 0 Å². The van der Waals surface area contributed by atoms with Gasteiger partial charge in [-0.05, 0) is 76.2 Å². The van der Waals surface area contributed by atoms with Crippen molar-refractivity contribution in [2.75, 3.05) is 30.4 Å². The normalized spacial score (nSPS) is 18.3. The molecular formula is C32H30N2O3S. The number of carbonyl (C=O) groups is 1. The van der Waals surface area contributed by atoms with Crippen molar-refractivity contribution < 1.29 is 13.2 Å². The molecular weight excluding hydrogens is 492 g/mol. The number of rotatable bonds is 6. The van der Waals surface area contributed by atoms with E-state index in [1.807, 2.05) is 47.5 Å². The van der Waals surface area contributed by atoms with E-state index in [1.165, 1.54) is 23.0 Å². The van der Waals surface area contributed by atoms with Crippen molar-refractivity contribution in [1.29, 1.82) is 0 Å². The maximum absolute atomic E-state index is 14.3. The molecule has 1 N–H and O–H groups in total. The number of benzene rings is 2. The average molecular weight is 523 g/mol. The molecule has 5 nitrogen and oxygen atoms in total. The number of fused-ring (bicyclic) bond motifs is 5. The summed E-state index contributed by atoms with van der Waals surface area (Å²) in [5.41, 5.74) is 10.2. The summed E-state index contributed by atoms with van der Waals surface area (Å²) >= 11 is 0. The first-order chi connectivity index (χ1) is 18.4. The minimum absolute atomic E-state index is 0.0274. The van der Waals surface area contributed by atoms with Crippen molar-refractivity contribution in [3.05, 3.63) is 130 Å². The molecule has 192 valence electrons. The predicted molar refractivity (Wildman–Crippen MR) is 154 cm³/mol. The Bertz CT molecular complexity index is 1620. The van der Waals surface area contributed by atoms with Gasteiger partial charge in [0.05, 0.1) is 11.4 Å². The van der Waals surface area contributed by atoms with Crippen LogP contribution in [0.25, 0.3) is 5.57 Å². The number of hydrogen-bond acceptors (Lipinski definition) is 5. The van der Waals surface area contributed by atoms with E-state index in [-0.39, 0.29) is 11.5 Å². The van der Waals surface area contributed by atoms with Gasteiger partial charge < -0.3 is 10.2 Å². The molecule has 2 aromatic carbocycles. The van der Waals surface area contributed by atoms with E-state index in [4.69, 9.17) is 0 Å². The van der Waals surface area contributed by atoms with Crippen LogP contribution in [0, 0.1) is 0 Å². The lowest BCUT2D eigenvalue weighted by Gasteiger charge is -2.31. The average Bonchev–Trinajstić information content (AvgIpc) is 2.93. The highest BCUT2D eigenvalue weighted by molar-refractivity contribution is 7.90. The van der Waals surface area contributed by atoms with Crippen molar-refractivity contribution in [3.8, 4) is 0 Å². The molecule has 1 heterocycles. The standard InChI is InChI=1S/C32H30N2O3S/c1-38(36,37)20-19-34-17-15-23(16-18-34)29-21-24-12-13-27-26-10-6-5-7-22(26)11-14-28(27)30(24)32(35)31(29)33-25-8-3-2-4-9-25/h2-6,8-13,15-17,33H,7,14,18-21H2,1H3. The van der Waals surface area contributed by atoms with Crippen LogP contribution >= 0.6 is 0 Å². The number of Topliss-reactive ketones (excluding diaryl/α,β-unsaturated/α-hetero) is 1. The van der Waals surface area contributed by atoms with Crippen LogP contribution in [0.3, 0.4) is 0 Å². The zero-order chi connectivity index (χ0) is 26.3. The first-order valence-electron chi connectivity index (χ1n) is 13.0. The van der Waals surface area contributed by atoms with E-state index in [0.29, 0.717) is 25.2 Å². The van der Waals surface area contributed by atoms with Gasteiger partial charge in [-0.2, -0.15) is 0 Å². The summed E-state index contributed by atoms with van der Waals surface area (Å²) in [4.78, 5) is 16.3. The number of nitrogens with zero attached hydrogens (tertiary/aromatic N) is 1.